The first-order valence-corrected chi connectivity index (χ1v) is 5.06. The van der Waals surface area contributed by atoms with Gasteiger partial charge in [-0.3, -0.25) is 4.79 Å². The van der Waals surface area contributed by atoms with Crippen molar-refractivity contribution in [3.8, 4) is 0 Å². The fourth-order valence-electron chi connectivity index (χ4n) is 1.61. The van der Waals surface area contributed by atoms with E-state index in [-0.39, 0.29) is 18.3 Å². The maximum absolute atomic E-state index is 11.5. The minimum atomic E-state index is -0.481. The molecule has 1 aromatic rings. The van der Waals surface area contributed by atoms with Crippen LogP contribution in [0, 0.1) is 20.8 Å². The maximum atomic E-state index is 11.5. The monoisotopic (exact) mass is 242 g/mol. The first kappa shape index (κ1) is 14.9. The van der Waals surface area contributed by atoms with E-state index in [1.807, 2.05) is 32.9 Å². The zero-order valence-corrected chi connectivity index (χ0v) is 10.9. The van der Waals surface area contributed by atoms with Gasteiger partial charge < -0.3 is 11.1 Å². The van der Waals surface area contributed by atoms with E-state index in [0.29, 0.717) is 0 Å². The predicted octanol–water partition coefficient (Wildman–Crippen LogP) is 2.32. The Morgan fingerprint density at radius 1 is 1.25 bits per heavy atom. The van der Waals surface area contributed by atoms with Crippen LogP contribution < -0.4 is 11.1 Å². The Labute approximate surface area is 103 Å². The Hall–Kier alpha value is -1.06. The van der Waals surface area contributed by atoms with Crippen molar-refractivity contribution in [3.63, 3.8) is 0 Å². The Bertz CT molecular complexity index is 366. The van der Waals surface area contributed by atoms with Gasteiger partial charge in [0.15, 0.2) is 0 Å². The van der Waals surface area contributed by atoms with Crippen molar-refractivity contribution >= 4 is 24.0 Å². The molecule has 1 amide bonds. The highest BCUT2D eigenvalue weighted by molar-refractivity contribution is 5.95. The first-order chi connectivity index (χ1) is 6.91. The number of hydrogen-bond acceptors (Lipinski definition) is 2. The van der Waals surface area contributed by atoms with Crippen LogP contribution in [0.15, 0.2) is 12.1 Å². The van der Waals surface area contributed by atoms with Crippen LogP contribution in [0.25, 0.3) is 0 Å². The van der Waals surface area contributed by atoms with Crippen molar-refractivity contribution in [3.05, 3.63) is 28.8 Å². The Kier molecular flexibility index (Phi) is 5.48. The summed E-state index contributed by atoms with van der Waals surface area (Å²) in [5.74, 6) is -0.148. The molecule has 0 aliphatic rings. The second-order valence-electron chi connectivity index (χ2n) is 4.05. The summed E-state index contributed by atoms with van der Waals surface area (Å²) in [6, 6.07) is 3.61. The molecule has 0 aliphatic heterocycles. The quantitative estimate of drug-likeness (QED) is 0.836. The zero-order chi connectivity index (χ0) is 11.6. The number of aryl methyl sites for hydroxylation is 3. The summed E-state index contributed by atoms with van der Waals surface area (Å²) in [6.07, 6.45) is 0. The van der Waals surface area contributed by atoms with Crippen LogP contribution in [-0.2, 0) is 4.79 Å². The number of halogens is 1. The third-order valence-corrected chi connectivity index (χ3v) is 2.34. The molecule has 3 N–H and O–H groups in total. The molecule has 0 saturated carbocycles. The summed E-state index contributed by atoms with van der Waals surface area (Å²) in [5, 5.41) is 2.84. The first-order valence-electron chi connectivity index (χ1n) is 5.06. The highest BCUT2D eigenvalue weighted by atomic mass is 35.5. The third-order valence-electron chi connectivity index (χ3n) is 2.34. The smallest absolute Gasteiger partial charge is 0.241 e. The number of nitrogens with one attached hydrogen (secondary N) is 1. The van der Waals surface area contributed by atoms with Crippen molar-refractivity contribution in [2.75, 3.05) is 5.32 Å². The second kappa shape index (κ2) is 5.87. The largest absolute Gasteiger partial charge is 0.324 e. The number of nitrogens with two attached hydrogens (primary N) is 1. The molecule has 4 heteroatoms. The molecule has 1 rings (SSSR count). The lowest BCUT2D eigenvalue weighted by atomic mass is 10.0. The molecule has 0 fully saturated rings. The van der Waals surface area contributed by atoms with Gasteiger partial charge in [-0.05, 0) is 38.8 Å². The molecule has 0 bridgehead atoms. The number of hydrogen-bond donors (Lipinski definition) is 2. The van der Waals surface area contributed by atoms with Crippen LogP contribution in [0.1, 0.15) is 23.6 Å². The number of rotatable bonds is 2. The lowest BCUT2D eigenvalue weighted by Gasteiger charge is -2.14. The highest BCUT2D eigenvalue weighted by Crippen LogP contribution is 2.21. The molecular weight excluding hydrogens is 224 g/mol. The number of anilines is 1. The van der Waals surface area contributed by atoms with Gasteiger partial charge in [0.1, 0.15) is 0 Å². The van der Waals surface area contributed by atoms with E-state index in [1.165, 1.54) is 5.56 Å². The van der Waals surface area contributed by atoms with Gasteiger partial charge in [0.25, 0.3) is 0 Å². The molecule has 0 heterocycles. The van der Waals surface area contributed by atoms with Crippen LogP contribution in [0.2, 0.25) is 0 Å². The molecule has 0 aliphatic carbocycles. The minimum Gasteiger partial charge on any atom is -0.324 e. The second-order valence-corrected chi connectivity index (χ2v) is 4.05. The number of amides is 1. The van der Waals surface area contributed by atoms with E-state index in [1.54, 1.807) is 6.92 Å². The normalized spacial score (nSPS) is 11.6. The van der Waals surface area contributed by atoms with E-state index < -0.39 is 6.04 Å². The van der Waals surface area contributed by atoms with Crippen LogP contribution in [0.4, 0.5) is 5.69 Å². The number of benzene rings is 1. The van der Waals surface area contributed by atoms with Crippen LogP contribution in [-0.4, -0.2) is 11.9 Å². The molecule has 1 aromatic carbocycles. The van der Waals surface area contributed by atoms with Gasteiger partial charge in [0.2, 0.25) is 5.91 Å². The summed E-state index contributed by atoms with van der Waals surface area (Å²) in [7, 11) is 0. The summed E-state index contributed by atoms with van der Waals surface area (Å²) >= 11 is 0. The van der Waals surface area contributed by atoms with Gasteiger partial charge in [-0.25, -0.2) is 0 Å². The fourth-order valence-corrected chi connectivity index (χ4v) is 1.61. The van der Waals surface area contributed by atoms with Crippen molar-refractivity contribution < 1.29 is 4.79 Å². The van der Waals surface area contributed by atoms with Gasteiger partial charge in [-0.2, -0.15) is 0 Å². The molecular formula is C12H19ClN2O. The van der Waals surface area contributed by atoms with E-state index >= 15 is 0 Å². The van der Waals surface area contributed by atoms with Crippen molar-refractivity contribution in [1.29, 1.82) is 0 Å². The molecule has 0 aromatic heterocycles. The van der Waals surface area contributed by atoms with Gasteiger partial charge in [-0.1, -0.05) is 17.7 Å². The molecule has 90 valence electrons. The number of carbonyl (C=O) groups is 1. The number of carbonyl (C=O) groups excluding carboxylic acids is 1. The van der Waals surface area contributed by atoms with Crippen LogP contribution in [0.5, 0.6) is 0 Å². The molecule has 3 nitrogen and oxygen atoms in total. The van der Waals surface area contributed by atoms with Crippen molar-refractivity contribution in [1.82, 2.24) is 0 Å². The van der Waals surface area contributed by atoms with Crippen molar-refractivity contribution in [2.45, 2.75) is 33.7 Å². The van der Waals surface area contributed by atoms with Gasteiger partial charge in [-0.15, -0.1) is 12.4 Å². The van der Waals surface area contributed by atoms with Gasteiger partial charge in [0.05, 0.1) is 6.04 Å². The Balaban J connectivity index is 0.00000225. The standard InChI is InChI=1S/C12H18N2O.ClH/c1-7-5-8(2)11(9(3)6-7)14-12(15)10(4)13;/h5-6,10H,13H2,1-4H3,(H,14,15);1H. The minimum absolute atomic E-state index is 0. The van der Waals surface area contributed by atoms with E-state index in [4.69, 9.17) is 5.73 Å². The van der Waals surface area contributed by atoms with Crippen LogP contribution >= 0.6 is 12.4 Å². The van der Waals surface area contributed by atoms with Crippen LogP contribution in [0.3, 0.4) is 0 Å². The maximum Gasteiger partial charge on any atom is 0.241 e. The van der Waals surface area contributed by atoms with Gasteiger partial charge in [0, 0.05) is 5.69 Å². The molecule has 1 unspecified atom stereocenters. The third kappa shape index (κ3) is 3.51. The molecule has 1 atom stereocenters. The molecule has 0 spiro atoms. The fraction of sp³-hybridized carbons (Fsp3) is 0.417. The zero-order valence-electron chi connectivity index (χ0n) is 10.1. The summed E-state index contributed by atoms with van der Waals surface area (Å²) in [6.45, 7) is 7.68. The average molecular weight is 243 g/mol. The topological polar surface area (TPSA) is 55.1 Å². The molecule has 0 saturated heterocycles. The Morgan fingerprint density at radius 2 is 1.69 bits per heavy atom. The average Bonchev–Trinajstić information content (AvgIpc) is 2.10. The molecule has 0 radical (unpaired) electrons. The summed E-state index contributed by atoms with van der Waals surface area (Å²) in [5.41, 5.74) is 9.72. The lowest BCUT2D eigenvalue weighted by molar-refractivity contribution is -0.117. The SMILES string of the molecule is Cc1cc(C)c(NC(=O)C(C)N)c(C)c1.Cl. The Morgan fingerprint density at radius 3 is 2.06 bits per heavy atom. The molecule has 16 heavy (non-hydrogen) atoms. The van der Waals surface area contributed by atoms with Crippen molar-refractivity contribution in [2.24, 2.45) is 5.73 Å². The van der Waals surface area contributed by atoms with Gasteiger partial charge >= 0.3 is 0 Å². The summed E-state index contributed by atoms with van der Waals surface area (Å²) < 4.78 is 0. The van der Waals surface area contributed by atoms with E-state index in [2.05, 4.69) is 5.32 Å². The van der Waals surface area contributed by atoms with E-state index in [9.17, 15) is 4.79 Å². The lowest BCUT2D eigenvalue weighted by Crippen LogP contribution is -2.32. The van der Waals surface area contributed by atoms with E-state index in [0.717, 1.165) is 16.8 Å². The summed E-state index contributed by atoms with van der Waals surface area (Å²) in [4.78, 5) is 11.5. The highest BCUT2D eigenvalue weighted by Gasteiger charge is 2.10. The predicted molar refractivity (Wildman–Crippen MR) is 70.2 cm³/mol.